The molecule has 2 aromatic rings. The van der Waals surface area contributed by atoms with Crippen LogP contribution in [0.5, 0.6) is 0 Å². The number of nitrogens with zero attached hydrogens (tertiary/aromatic N) is 2. The molecule has 0 aliphatic rings. The van der Waals surface area contributed by atoms with E-state index in [1.54, 1.807) is 11.8 Å². The predicted octanol–water partition coefficient (Wildman–Crippen LogP) is 1.87. The van der Waals surface area contributed by atoms with Crippen molar-refractivity contribution in [2.24, 2.45) is 0 Å². The first-order valence-electron chi connectivity index (χ1n) is 4.93. The molecular formula is C11H14N2OS. The van der Waals surface area contributed by atoms with Crippen LogP contribution in [0.15, 0.2) is 24.5 Å². The molecule has 0 atom stereocenters. The van der Waals surface area contributed by atoms with Crippen LogP contribution in [0.2, 0.25) is 0 Å². The minimum Gasteiger partial charge on any atom is -0.396 e. The molecule has 0 aliphatic heterocycles. The molecule has 0 aromatic carbocycles. The molecule has 0 fully saturated rings. The minimum absolute atomic E-state index is 0.237. The third-order valence-corrected chi connectivity index (χ3v) is 3.26. The summed E-state index contributed by atoms with van der Waals surface area (Å²) in [5.74, 6) is 1.67. The molecular weight excluding hydrogens is 208 g/mol. The van der Waals surface area contributed by atoms with Crippen LogP contribution in [0.3, 0.4) is 0 Å². The summed E-state index contributed by atoms with van der Waals surface area (Å²) in [4.78, 5) is 4.38. The second kappa shape index (κ2) is 4.68. The Labute approximate surface area is 93.1 Å². The largest absolute Gasteiger partial charge is 0.396 e. The quantitative estimate of drug-likeness (QED) is 0.802. The highest BCUT2D eigenvalue weighted by Gasteiger charge is 2.04. The van der Waals surface area contributed by atoms with Crippen molar-refractivity contribution in [1.82, 2.24) is 9.38 Å². The van der Waals surface area contributed by atoms with E-state index in [4.69, 9.17) is 5.11 Å². The standard InChI is InChI=1S/C11H14N2OS/c1-9-3-2-4-13-10(7-12-11(9)13)8-15-6-5-14/h2-4,7,14H,5-6,8H2,1H3. The van der Waals surface area contributed by atoms with Crippen LogP contribution in [-0.2, 0) is 5.75 Å². The third kappa shape index (κ3) is 2.16. The highest BCUT2D eigenvalue weighted by Crippen LogP contribution is 2.15. The van der Waals surface area contributed by atoms with E-state index in [1.807, 2.05) is 18.5 Å². The van der Waals surface area contributed by atoms with Gasteiger partial charge in [0.1, 0.15) is 5.65 Å². The SMILES string of the molecule is Cc1cccn2c(CSCCO)cnc12. The van der Waals surface area contributed by atoms with Crippen LogP contribution in [0.1, 0.15) is 11.3 Å². The van der Waals surface area contributed by atoms with Gasteiger partial charge in [-0.2, -0.15) is 11.8 Å². The first-order chi connectivity index (χ1) is 7.33. The minimum atomic E-state index is 0.237. The third-order valence-electron chi connectivity index (χ3n) is 2.29. The van der Waals surface area contributed by atoms with Crippen molar-refractivity contribution in [3.8, 4) is 0 Å². The summed E-state index contributed by atoms with van der Waals surface area (Å²) in [6, 6.07) is 4.09. The zero-order valence-electron chi connectivity index (χ0n) is 8.68. The predicted molar refractivity (Wildman–Crippen MR) is 63.2 cm³/mol. The van der Waals surface area contributed by atoms with Gasteiger partial charge in [-0.05, 0) is 18.6 Å². The Morgan fingerprint density at radius 1 is 1.53 bits per heavy atom. The van der Waals surface area contributed by atoms with Gasteiger partial charge in [-0.15, -0.1) is 0 Å². The highest BCUT2D eigenvalue weighted by molar-refractivity contribution is 7.98. The summed E-state index contributed by atoms with van der Waals surface area (Å²) < 4.78 is 2.11. The first kappa shape index (κ1) is 10.5. The van der Waals surface area contributed by atoms with Crippen LogP contribution in [-0.4, -0.2) is 26.9 Å². The number of aliphatic hydroxyl groups excluding tert-OH is 1. The lowest BCUT2D eigenvalue weighted by Crippen LogP contribution is -1.93. The molecule has 2 rings (SSSR count). The number of imidazole rings is 1. The van der Waals surface area contributed by atoms with E-state index in [0.29, 0.717) is 0 Å². The number of rotatable bonds is 4. The summed E-state index contributed by atoms with van der Waals surface area (Å²) in [6.07, 6.45) is 3.94. The van der Waals surface area contributed by atoms with Crippen molar-refractivity contribution < 1.29 is 5.11 Å². The van der Waals surface area contributed by atoms with E-state index in [-0.39, 0.29) is 6.61 Å². The second-order valence-corrected chi connectivity index (χ2v) is 4.52. The van der Waals surface area contributed by atoms with E-state index in [9.17, 15) is 0 Å². The molecule has 80 valence electrons. The number of aryl methyl sites for hydroxylation is 1. The summed E-state index contributed by atoms with van der Waals surface area (Å²) >= 11 is 1.72. The molecule has 0 radical (unpaired) electrons. The molecule has 4 heteroatoms. The van der Waals surface area contributed by atoms with Crippen molar-refractivity contribution >= 4 is 17.4 Å². The molecule has 0 spiro atoms. The summed E-state index contributed by atoms with van der Waals surface area (Å²) in [7, 11) is 0. The lowest BCUT2D eigenvalue weighted by molar-refractivity contribution is 0.322. The summed E-state index contributed by atoms with van der Waals surface area (Å²) in [6.45, 7) is 2.30. The van der Waals surface area contributed by atoms with Crippen molar-refractivity contribution in [2.75, 3.05) is 12.4 Å². The average molecular weight is 222 g/mol. The normalized spacial score (nSPS) is 11.1. The van der Waals surface area contributed by atoms with Gasteiger partial charge in [-0.1, -0.05) is 6.07 Å². The van der Waals surface area contributed by atoms with Crippen molar-refractivity contribution in [1.29, 1.82) is 0 Å². The maximum absolute atomic E-state index is 8.71. The van der Waals surface area contributed by atoms with Gasteiger partial charge >= 0.3 is 0 Å². The Kier molecular flexibility index (Phi) is 3.28. The molecule has 2 heterocycles. The molecule has 3 nitrogen and oxygen atoms in total. The molecule has 1 N–H and O–H groups in total. The van der Waals surface area contributed by atoms with E-state index < -0.39 is 0 Å². The maximum Gasteiger partial charge on any atom is 0.139 e. The zero-order chi connectivity index (χ0) is 10.7. The van der Waals surface area contributed by atoms with Gasteiger partial charge in [0.25, 0.3) is 0 Å². The Morgan fingerprint density at radius 2 is 2.40 bits per heavy atom. The molecule has 0 amide bonds. The molecule has 0 saturated heterocycles. The van der Waals surface area contributed by atoms with Gasteiger partial charge in [-0.3, -0.25) is 0 Å². The Hall–Kier alpha value is -1.00. The Balaban J connectivity index is 2.25. The lowest BCUT2D eigenvalue weighted by Gasteiger charge is -2.01. The fraction of sp³-hybridized carbons (Fsp3) is 0.364. The molecule has 0 unspecified atom stereocenters. The van der Waals surface area contributed by atoms with Crippen LogP contribution in [0.25, 0.3) is 5.65 Å². The van der Waals surface area contributed by atoms with Gasteiger partial charge < -0.3 is 9.51 Å². The lowest BCUT2D eigenvalue weighted by atomic mass is 10.3. The average Bonchev–Trinajstić information content (AvgIpc) is 2.64. The second-order valence-electron chi connectivity index (χ2n) is 3.41. The van der Waals surface area contributed by atoms with Crippen LogP contribution in [0, 0.1) is 6.92 Å². The molecule has 0 aliphatic carbocycles. The summed E-state index contributed by atoms with van der Waals surface area (Å²) in [5.41, 5.74) is 3.40. The van der Waals surface area contributed by atoms with Crippen LogP contribution < -0.4 is 0 Å². The van der Waals surface area contributed by atoms with E-state index >= 15 is 0 Å². The van der Waals surface area contributed by atoms with Gasteiger partial charge in [0.05, 0.1) is 18.5 Å². The number of fused-ring (bicyclic) bond motifs is 1. The smallest absolute Gasteiger partial charge is 0.139 e. The topological polar surface area (TPSA) is 37.5 Å². The molecule has 15 heavy (non-hydrogen) atoms. The van der Waals surface area contributed by atoms with E-state index in [1.165, 1.54) is 11.3 Å². The number of hydrogen-bond donors (Lipinski definition) is 1. The monoisotopic (exact) mass is 222 g/mol. The Morgan fingerprint density at radius 3 is 3.20 bits per heavy atom. The van der Waals surface area contributed by atoms with Gasteiger partial charge in [-0.25, -0.2) is 4.98 Å². The fourth-order valence-electron chi connectivity index (χ4n) is 1.55. The number of pyridine rings is 1. The molecule has 2 aromatic heterocycles. The molecule has 0 bridgehead atoms. The number of hydrogen-bond acceptors (Lipinski definition) is 3. The maximum atomic E-state index is 8.71. The van der Waals surface area contributed by atoms with Crippen molar-refractivity contribution in [3.63, 3.8) is 0 Å². The van der Waals surface area contributed by atoms with Gasteiger partial charge in [0, 0.05) is 17.7 Å². The van der Waals surface area contributed by atoms with Crippen molar-refractivity contribution in [3.05, 3.63) is 35.8 Å². The van der Waals surface area contributed by atoms with Gasteiger partial charge in [0.2, 0.25) is 0 Å². The highest BCUT2D eigenvalue weighted by atomic mass is 32.2. The van der Waals surface area contributed by atoms with Crippen molar-refractivity contribution in [2.45, 2.75) is 12.7 Å². The van der Waals surface area contributed by atoms with Gasteiger partial charge in [0.15, 0.2) is 0 Å². The zero-order valence-corrected chi connectivity index (χ0v) is 9.50. The number of aliphatic hydroxyl groups is 1. The van der Waals surface area contributed by atoms with E-state index in [2.05, 4.69) is 22.4 Å². The number of thioether (sulfide) groups is 1. The van der Waals surface area contributed by atoms with E-state index in [0.717, 1.165) is 17.2 Å². The van der Waals surface area contributed by atoms with Crippen LogP contribution in [0.4, 0.5) is 0 Å². The van der Waals surface area contributed by atoms with Crippen LogP contribution >= 0.6 is 11.8 Å². The summed E-state index contributed by atoms with van der Waals surface area (Å²) in [5, 5.41) is 8.71. The fourth-order valence-corrected chi connectivity index (χ4v) is 2.25. The molecule has 0 saturated carbocycles. The first-order valence-corrected chi connectivity index (χ1v) is 6.08. The Bertz CT molecular complexity index is 453. The number of aromatic nitrogens is 2.